The highest BCUT2D eigenvalue weighted by atomic mass is 35.5. The first-order chi connectivity index (χ1) is 12.1. The van der Waals surface area contributed by atoms with E-state index >= 15 is 0 Å². The first kappa shape index (κ1) is 16.6. The van der Waals surface area contributed by atoms with E-state index in [0.717, 1.165) is 42.2 Å². The highest BCUT2D eigenvalue weighted by molar-refractivity contribution is 7.13. The molecule has 1 fully saturated rings. The number of aromatic nitrogens is 2. The van der Waals surface area contributed by atoms with Crippen LogP contribution in [0.15, 0.2) is 41.8 Å². The standard InChI is InChI=1S/C18H15Cl2N3OS/c19-13-6-5-12(10-14(13)20)23-16(18(24)22-7-1-2-8-22)11-15(21-23)17-4-3-9-25-17/h3-6,9-11H,1-2,7-8H2. The molecule has 0 spiro atoms. The molecule has 3 heterocycles. The van der Waals surface area contributed by atoms with E-state index in [1.807, 2.05) is 34.5 Å². The third-order valence-corrected chi connectivity index (χ3v) is 5.87. The predicted octanol–water partition coefficient (Wildman–Crippen LogP) is 5.14. The van der Waals surface area contributed by atoms with Crippen LogP contribution in [-0.4, -0.2) is 33.7 Å². The van der Waals surface area contributed by atoms with Gasteiger partial charge in [0.15, 0.2) is 0 Å². The van der Waals surface area contributed by atoms with Crippen molar-refractivity contribution in [1.29, 1.82) is 0 Å². The zero-order valence-electron chi connectivity index (χ0n) is 13.3. The Morgan fingerprint density at radius 2 is 1.88 bits per heavy atom. The van der Waals surface area contributed by atoms with Crippen LogP contribution in [0.4, 0.5) is 0 Å². The summed E-state index contributed by atoms with van der Waals surface area (Å²) in [6.45, 7) is 1.58. The van der Waals surface area contributed by atoms with Crippen molar-refractivity contribution in [2.24, 2.45) is 0 Å². The van der Waals surface area contributed by atoms with E-state index in [9.17, 15) is 4.79 Å². The van der Waals surface area contributed by atoms with Gasteiger partial charge in [0.2, 0.25) is 0 Å². The number of halogens is 2. The highest BCUT2D eigenvalue weighted by Crippen LogP contribution is 2.29. The number of likely N-dealkylation sites (tertiary alicyclic amines) is 1. The molecule has 1 aliphatic heterocycles. The van der Waals surface area contributed by atoms with Crippen LogP contribution >= 0.6 is 34.5 Å². The van der Waals surface area contributed by atoms with Crippen molar-refractivity contribution >= 4 is 40.4 Å². The van der Waals surface area contributed by atoms with Gasteiger partial charge in [0.05, 0.1) is 20.6 Å². The van der Waals surface area contributed by atoms with E-state index in [0.29, 0.717) is 15.7 Å². The minimum absolute atomic E-state index is 0.00104. The molecule has 1 aromatic carbocycles. The molecule has 128 valence electrons. The maximum Gasteiger partial charge on any atom is 0.272 e. The van der Waals surface area contributed by atoms with E-state index in [1.165, 1.54) is 0 Å². The lowest BCUT2D eigenvalue weighted by Gasteiger charge is -2.16. The van der Waals surface area contributed by atoms with Gasteiger partial charge in [-0.1, -0.05) is 29.3 Å². The van der Waals surface area contributed by atoms with Crippen LogP contribution in [0.5, 0.6) is 0 Å². The van der Waals surface area contributed by atoms with Crippen molar-refractivity contribution in [1.82, 2.24) is 14.7 Å². The van der Waals surface area contributed by atoms with Gasteiger partial charge in [0, 0.05) is 13.1 Å². The molecule has 25 heavy (non-hydrogen) atoms. The Bertz CT molecular complexity index is 915. The quantitative estimate of drug-likeness (QED) is 0.619. The van der Waals surface area contributed by atoms with Crippen molar-refractivity contribution in [3.63, 3.8) is 0 Å². The Labute approximate surface area is 159 Å². The molecule has 0 N–H and O–H groups in total. The summed E-state index contributed by atoms with van der Waals surface area (Å²) in [7, 11) is 0. The van der Waals surface area contributed by atoms with E-state index in [4.69, 9.17) is 23.2 Å². The second-order valence-corrected chi connectivity index (χ2v) is 7.66. The fourth-order valence-corrected chi connectivity index (χ4v) is 3.95. The summed E-state index contributed by atoms with van der Waals surface area (Å²) >= 11 is 13.8. The topological polar surface area (TPSA) is 38.1 Å². The molecule has 4 rings (SSSR count). The number of rotatable bonds is 3. The summed E-state index contributed by atoms with van der Waals surface area (Å²) in [6.07, 6.45) is 2.09. The maximum absolute atomic E-state index is 13.0. The smallest absolute Gasteiger partial charge is 0.272 e. The molecular formula is C18H15Cl2N3OS. The normalized spacial score (nSPS) is 14.2. The Morgan fingerprint density at radius 3 is 2.56 bits per heavy atom. The summed E-state index contributed by atoms with van der Waals surface area (Å²) in [5.74, 6) is -0.00104. The van der Waals surface area contributed by atoms with Gasteiger partial charge < -0.3 is 4.90 Å². The van der Waals surface area contributed by atoms with Gasteiger partial charge >= 0.3 is 0 Å². The molecule has 1 saturated heterocycles. The van der Waals surface area contributed by atoms with Crippen LogP contribution < -0.4 is 0 Å². The number of carbonyl (C=O) groups excluding carboxylic acids is 1. The number of nitrogens with zero attached hydrogens (tertiary/aromatic N) is 3. The molecular weight excluding hydrogens is 377 g/mol. The second-order valence-electron chi connectivity index (χ2n) is 5.90. The van der Waals surface area contributed by atoms with Gasteiger partial charge in [-0.2, -0.15) is 5.10 Å². The van der Waals surface area contributed by atoms with Crippen molar-refractivity contribution in [3.8, 4) is 16.3 Å². The SMILES string of the molecule is O=C(c1cc(-c2cccs2)nn1-c1ccc(Cl)c(Cl)c1)N1CCCC1. The minimum atomic E-state index is -0.00104. The second kappa shape index (κ2) is 6.83. The molecule has 0 atom stereocenters. The van der Waals surface area contributed by atoms with Crippen LogP contribution in [0, 0.1) is 0 Å². The molecule has 1 aliphatic rings. The predicted molar refractivity (Wildman–Crippen MR) is 102 cm³/mol. The van der Waals surface area contributed by atoms with Crippen molar-refractivity contribution in [2.45, 2.75) is 12.8 Å². The number of thiophene rings is 1. The first-order valence-corrected chi connectivity index (χ1v) is 9.66. The van der Waals surface area contributed by atoms with E-state index in [2.05, 4.69) is 5.10 Å². The fraction of sp³-hybridized carbons (Fsp3) is 0.222. The molecule has 0 bridgehead atoms. The van der Waals surface area contributed by atoms with Gasteiger partial charge in [-0.25, -0.2) is 4.68 Å². The average Bonchev–Trinajstić information content (AvgIpc) is 3.37. The maximum atomic E-state index is 13.0. The van der Waals surface area contributed by atoms with Crippen LogP contribution in [0.2, 0.25) is 10.0 Å². The van der Waals surface area contributed by atoms with Crippen LogP contribution in [-0.2, 0) is 0 Å². The average molecular weight is 392 g/mol. The highest BCUT2D eigenvalue weighted by Gasteiger charge is 2.25. The van der Waals surface area contributed by atoms with Gasteiger partial charge in [-0.3, -0.25) is 4.79 Å². The zero-order valence-corrected chi connectivity index (χ0v) is 15.6. The first-order valence-electron chi connectivity index (χ1n) is 8.02. The summed E-state index contributed by atoms with van der Waals surface area (Å²) in [5.41, 5.74) is 2.05. The fourth-order valence-electron chi connectivity index (χ4n) is 2.97. The molecule has 1 amide bonds. The Morgan fingerprint density at radius 1 is 1.08 bits per heavy atom. The third kappa shape index (κ3) is 3.19. The molecule has 7 heteroatoms. The van der Waals surface area contributed by atoms with Crippen LogP contribution in [0.3, 0.4) is 0 Å². The number of hydrogen-bond donors (Lipinski definition) is 0. The molecule has 0 saturated carbocycles. The monoisotopic (exact) mass is 391 g/mol. The molecule has 3 aromatic rings. The molecule has 2 aromatic heterocycles. The summed E-state index contributed by atoms with van der Waals surface area (Å²) in [4.78, 5) is 15.9. The molecule has 0 unspecified atom stereocenters. The van der Waals surface area contributed by atoms with Gasteiger partial charge in [-0.05, 0) is 48.6 Å². The Hall–Kier alpha value is -1.82. The van der Waals surface area contributed by atoms with E-state index in [-0.39, 0.29) is 5.91 Å². The summed E-state index contributed by atoms with van der Waals surface area (Å²) in [6, 6.07) is 11.1. The minimum Gasteiger partial charge on any atom is -0.337 e. The number of amides is 1. The summed E-state index contributed by atoms with van der Waals surface area (Å²) in [5, 5.41) is 7.57. The van der Waals surface area contributed by atoms with Crippen molar-refractivity contribution in [3.05, 3.63) is 57.5 Å². The van der Waals surface area contributed by atoms with Crippen molar-refractivity contribution in [2.75, 3.05) is 13.1 Å². The Balaban J connectivity index is 1.82. The van der Waals surface area contributed by atoms with Crippen LogP contribution in [0.1, 0.15) is 23.3 Å². The lowest BCUT2D eigenvalue weighted by molar-refractivity contribution is 0.0784. The number of carbonyl (C=O) groups is 1. The van der Waals surface area contributed by atoms with Gasteiger partial charge in [-0.15, -0.1) is 11.3 Å². The zero-order chi connectivity index (χ0) is 17.4. The molecule has 0 aliphatic carbocycles. The summed E-state index contributed by atoms with van der Waals surface area (Å²) < 4.78 is 1.66. The largest absolute Gasteiger partial charge is 0.337 e. The van der Waals surface area contributed by atoms with Gasteiger partial charge in [0.25, 0.3) is 5.91 Å². The van der Waals surface area contributed by atoms with E-state index < -0.39 is 0 Å². The number of hydrogen-bond acceptors (Lipinski definition) is 3. The Kier molecular flexibility index (Phi) is 4.54. The third-order valence-electron chi connectivity index (χ3n) is 4.24. The van der Waals surface area contributed by atoms with Gasteiger partial charge in [0.1, 0.15) is 11.4 Å². The van der Waals surface area contributed by atoms with E-state index in [1.54, 1.807) is 28.2 Å². The lowest BCUT2D eigenvalue weighted by Crippen LogP contribution is -2.29. The number of benzene rings is 1. The van der Waals surface area contributed by atoms with Crippen LogP contribution in [0.25, 0.3) is 16.3 Å². The van der Waals surface area contributed by atoms with Crippen molar-refractivity contribution < 1.29 is 4.79 Å². The lowest BCUT2D eigenvalue weighted by atomic mass is 10.2. The molecule has 0 radical (unpaired) electrons. The molecule has 4 nitrogen and oxygen atoms in total.